The molecule has 14 heavy (non-hydrogen) atoms. The van der Waals surface area contributed by atoms with E-state index >= 15 is 0 Å². The van der Waals surface area contributed by atoms with Gasteiger partial charge in [0.1, 0.15) is 0 Å². The Balaban J connectivity index is 2.83. The second kappa shape index (κ2) is 4.50. The molecule has 0 spiro atoms. The highest BCUT2D eigenvalue weighted by molar-refractivity contribution is 5.79. The first-order valence-corrected chi connectivity index (χ1v) is 4.52. The number of anilines is 2. The van der Waals surface area contributed by atoms with Crippen molar-refractivity contribution in [2.45, 2.75) is 6.92 Å². The van der Waals surface area contributed by atoms with Gasteiger partial charge in [0, 0.05) is 17.9 Å². The summed E-state index contributed by atoms with van der Waals surface area (Å²) in [5.41, 5.74) is 12.4. The topological polar surface area (TPSA) is 72.3 Å². The molecule has 0 aromatic heterocycles. The largest absolute Gasteiger partial charge is 0.399 e. The van der Waals surface area contributed by atoms with Crippen LogP contribution in [0.15, 0.2) is 24.3 Å². The Morgan fingerprint density at radius 3 is 2.71 bits per heavy atom. The number of carbonyl (C=O) groups is 1. The van der Waals surface area contributed by atoms with Crippen LogP contribution >= 0.6 is 0 Å². The number of rotatable bonds is 4. The lowest BCUT2D eigenvalue weighted by molar-refractivity contribution is -0.116. The summed E-state index contributed by atoms with van der Waals surface area (Å²) in [6.07, 6.45) is 0. The summed E-state index contributed by atoms with van der Waals surface area (Å²) < 4.78 is 0. The molecule has 0 unspecified atom stereocenters. The van der Waals surface area contributed by atoms with Gasteiger partial charge in [-0.2, -0.15) is 0 Å². The highest BCUT2D eigenvalue weighted by atomic mass is 16.1. The molecule has 1 aromatic rings. The summed E-state index contributed by atoms with van der Waals surface area (Å²) in [6, 6.07) is 7.39. The van der Waals surface area contributed by atoms with Crippen LogP contribution in [0.5, 0.6) is 0 Å². The zero-order chi connectivity index (χ0) is 10.6. The Morgan fingerprint density at radius 2 is 2.21 bits per heavy atom. The van der Waals surface area contributed by atoms with Gasteiger partial charge in [-0.15, -0.1) is 0 Å². The monoisotopic (exact) mass is 193 g/mol. The molecule has 0 heterocycles. The smallest absolute Gasteiger partial charge is 0.236 e. The molecule has 0 aliphatic rings. The summed E-state index contributed by atoms with van der Waals surface area (Å²) in [5.74, 6) is -0.339. The van der Waals surface area contributed by atoms with E-state index in [1.54, 1.807) is 0 Å². The number of nitrogen functional groups attached to an aromatic ring is 1. The fourth-order valence-corrected chi connectivity index (χ4v) is 1.30. The number of hydrogen-bond donors (Lipinski definition) is 2. The van der Waals surface area contributed by atoms with E-state index in [1.807, 2.05) is 36.1 Å². The van der Waals surface area contributed by atoms with Crippen LogP contribution in [0.4, 0.5) is 11.4 Å². The summed E-state index contributed by atoms with van der Waals surface area (Å²) in [4.78, 5) is 12.6. The van der Waals surface area contributed by atoms with Crippen molar-refractivity contribution in [2.24, 2.45) is 5.73 Å². The van der Waals surface area contributed by atoms with E-state index < -0.39 is 0 Å². The van der Waals surface area contributed by atoms with Crippen molar-refractivity contribution in [3.63, 3.8) is 0 Å². The van der Waals surface area contributed by atoms with Gasteiger partial charge < -0.3 is 16.4 Å². The Hall–Kier alpha value is -1.71. The second-order valence-electron chi connectivity index (χ2n) is 3.08. The molecule has 4 heteroatoms. The summed E-state index contributed by atoms with van der Waals surface area (Å²) in [6.45, 7) is 2.92. The van der Waals surface area contributed by atoms with Crippen LogP contribution in [0.2, 0.25) is 0 Å². The summed E-state index contributed by atoms with van der Waals surface area (Å²) >= 11 is 0. The average molecular weight is 193 g/mol. The van der Waals surface area contributed by atoms with Crippen molar-refractivity contribution in [1.82, 2.24) is 0 Å². The molecule has 0 aliphatic carbocycles. The molecule has 0 saturated heterocycles. The number of primary amides is 1. The van der Waals surface area contributed by atoms with Crippen molar-refractivity contribution in [3.05, 3.63) is 24.3 Å². The van der Waals surface area contributed by atoms with Crippen LogP contribution in [0, 0.1) is 0 Å². The second-order valence-corrected chi connectivity index (χ2v) is 3.08. The highest BCUT2D eigenvalue weighted by Crippen LogP contribution is 2.16. The number of nitrogens with zero attached hydrogens (tertiary/aromatic N) is 1. The third-order valence-electron chi connectivity index (χ3n) is 1.96. The van der Waals surface area contributed by atoms with Crippen molar-refractivity contribution in [1.29, 1.82) is 0 Å². The van der Waals surface area contributed by atoms with Gasteiger partial charge >= 0.3 is 0 Å². The van der Waals surface area contributed by atoms with E-state index in [9.17, 15) is 4.79 Å². The maximum Gasteiger partial charge on any atom is 0.236 e. The lowest BCUT2D eigenvalue weighted by Gasteiger charge is -2.21. The average Bonchev–Trinajstić information content (AvgIpc) is 2.14. The lowest BCUT2D eigenvalue weighted by atomic mass is 10.2. The number of nitrogens with two attached hydrogens (primary N) is 2. The van der Waals surface area contributed by atoms with Crippen LogP contribution in [0.25, 0.3) is 0 Å². The standard InChI is InChI=1S/C10H15N3O/c1-2-13(7-10(12)14)9-5-3-4-8(11)6-9/h3-6H,2,7,11H2,1H3,(H2,12,14). The molecule has 0 saturated carbocycles. The molecule has 0 fully saturated rings. The molecule has 0 bridgehead atoms. The number of benzene rings is 1. The molecular weight excluding hydrogens is 178 g/mol. The molecule has 0 radical (unpaired) electrons. The first-order chi connectivity index (χ1) is 6.63. The van der Waals surface area contributed by atoms with E-state index in [4.69, 9.17) is 11.5 Å². The van der Waals surface area contributed by atoms with E-state index in [2.05, 4.69) is 0 Å². The van der Waals surface area contributed by atoms with Crippen molar-refractivity contribution in [2.75, 3.05) is 23.7 Å². The Bertz CT molecular complexity index is 325. The minimum atomic E-state index is -0.339. The zero-order valence-electron chi connectivity index (χ0n) is 8.23. The molecule has 1 aromatic carbocycles. The lowest BCUT2D eigenvalue weighted by Crippen LogP contribution is -2.33. The summed E-state index contributed by atoms with van der Waals surface area (Å²) in [7, 11) is 0. The van der Waals surface area contributed by atoms with Gasteiger partial charge in [0.2, 0.25) is 5.91 Å². The molecule has 4 N–H and O–H groups in total. The predicted molar refractivity (Wildman–Crippen MR) is 57.9 cm³/mol. The Kier molecular flexibility index (Phi) is 3.34. The number of likely N-dealkylation sites (N-methyl/N-ethyl adjacent to an activating group) is 1. The van der Waals surface area contributed by atoms with Crippen LogP contribution < -0.4 is 16.4 Å². The van der Waals surface area contributed by atoms with Crippen LogP contribution in [0.1, 0.15) is 6.92 Å². The molecular formula is C10H15N3O. The number of hydrogen-bond acceptors (Lipinski definition) is 3. The number of carbonyl (C=O) groups excluding carboxylic acids is 1. The van der Waals surface area contributed by atoms with E-state index in [0.29, 0.717) is 5.69 Å². The van der Waals surface area contributed by atoms with E-state index in [0.717, 1.165) is 12.2 Å². The fourth-order valence-electron chi connectivity index (χ4n) is 1.30. The van der Waals surface area contributed by atoms with Crippen LogP contribution in [0.3, 0.4) is 0 Å². The van der Waals surface area contributed by atoms with Crippen molar-refractivity contribution >= 4 is 17.3 Å². The SMILES string of the molecule is CCN(CC(N)=O)c1cccc(N)c1. The minimum Gasteiger partial charge on any atom is -0.399 e. The molecule has 0 atom stereocenters. The molecule has 1 rings (SSSR count). The Labute approximate surface area is 83.5 Å². The third-order valence-corrected chi connectivity index (χ3v) is 1.96. The zero-order valence-corrected chi connectivity index (χ0v) is 8.23. The maximum absolute atomic E-state index is 10.8. The maximum atomic E-state index is 10.8. The van der Waals surface area contributed by atoms with Gasteiger partial charge in [0.05, 0.1) is 6.54 Å². The highest BCUT2D eigenvalue weighted by Gasteiger charge is 2.06. The number of amides is 1. The molecule has 4 nitrogen and oxygen atoms in total. The van der Waals surface area contributed by atoms with Crippen LogP contribution in [-0.4, -0.2) is 19.0 Å². The quantitative estimate of drug-likeness (QED) is 0.687. The summed E-state index contributed by atoms with van der Waals surface area (Å²) in [5, 5.41) is 0. The van der Waals surface area contributed by atoms with Gasteiger partial charge in [-0.1, -0.05) is 6.07 Å². The van der Waals surface area contributed by atoms with Crippen molar-refractivity contribution in [3.8, 4) is 0 Å². The first-order valence-electron chi connectivity index (χ1n) is 4.52. The van der Waals surface area contributed by atoms with Gasteiger partial charge in [0.25, 0.3) is 0 Å². The Morgan fingerprint density at radius 1 is 1.50 bits per heavy atom. The van der Waals surface area contributed by atoms with Gasteiger partial charge in [0.15, 0.2) is 0 Å². The van der Waals surface area contributed by atoms with Gasteiger partial charge in [-0.3, -0.25) is 4.79 Å². The third kappa shape index (κ3) is 2.65. The predicted octanol–water partition coefficient (Wildman–Crippen LogP) is 0.580. The molecule has 0 aliphatic heterocycles. The van der Waals surface area contributed by atoms with E-state index in [1.165, 1.54) is 0 Å². The van der Waals surface area contributed by atoms with Gasteiger partial charge in [-0.25, -0.2) is 0 Å². The molecule has 1 amide bonds. The first kappa shape index (κ1) is 10.4. The van der Waals surface area contributed by atoms with Crippen LogP contribution in [-0.2, 0) is 4.79 Å². The van der Waals surface area contributed by atoms with Gasteiger partial charge in [-0.05, 0) is 25.1 Å². The fraction of sp³-hybridized carbons (Fsp3) is 0.300. The van der Waals surface area contributed by atoms with Crippen molar-refractivity contribution < 1.29 is 4.79 Å². The molecule has 76 valence electrons. The minimum absolute atomic E-state index is 0.222. The van der Waals surface area contributed by atoms with E-state index in [-0.39, 0.29) is 12.5 Å². The normalized spacial score (nSPS) is 9.79.